The Bertz CT molecular complexity index is 989. The molecular weight excluding hydrogens is 354 g/mol. The highest BCUT2D eigenvalue weighted by Crippen LogP contribution is 2.44. The number of amides is 1. The first-order valence-electron chi connectivity index (χ1n) is 9.40. The van der Waals surface area contributed by atoms with Crippen molar-refractivity contribution in [3.8, 4) is 0 Å². The van der Waals surface area contributed by atoms with Crippen LogP contribution < -0.4 is 10.6 Å². The lowest BCUT2D eigenvalue weighted by Gasteiger charge is -2.38. The van der Waals surface area contributed by atoms with E-state index < -0.39 is 11.8 Å². The number of aromatic nitrogens is 3. The molecule has 2 atom stereocenters. The van der Waals surface area contributed by atoms with Crippen molar-refractivity contribution < 1.29 is 9.59 Å². The van der Waals surface area contributed by atoms with E-state index in [1.165, 1.54) is 0 Å². The lowest BCUT2D eigenvalue weighted by molar-refractivity contribution is -0.120. The summed E-state index contributed by atoms with van der Waals surface area (Å²) in [5.41, 5.74) is 3.86. The Morgan fingerprint density at radius 2 is 2.18 bits per heavy atom. The first kappa shape index (κ1) is 18.2. The molecule has 4 rings (SSSR count). The Morgan fingerprint density at radius 1 is 1.36 bits per heavy atom. The zero-order valence-corrected chi connectivity index (χ0v) is 16.0. The first-order valence-corrected chi connectivity index (χ1v) is 9.40. The highest BCUT2D eigenvalue weighted by atomic mass is 16.2. The maximum Gasteiger partial charge on any atom is 0.235 e. The van der Waals surface area contributed by atoms with Crippen molar-refractivity contribution in [3.05, 3.63) is 65.4 Å². The number of aryl methyl sites for hydroxylation is 2. The van der Waals surface area contributed by atoms with Crippen LogP contribution in [0, 0.1) is 12.8 Å². The second-order valence-corrected chi connectivity index (χ2v) is 7.32. The van der Waals surface area contributed by atoms with E-state index in [9.17, 15) is 9.59 Å². The van der Waals surface area contributed by atoms with E-state index >= 15 is 0 Å². The van der Waals surface area contributed by atoms with E-state index in [4.69, 9.17) is 0 Å². The first-order chi connectivity index (χ1) is 13.5. The van der Waals surface area contributed by atoms with Crippen LogP contribution in [0.2, 0.25) is 0 Å². The maximum atomic E-state index is 13.2. The summed E-state index contributed by atoms with van der Waals surface area (Å²) in [6.07, 6.45) is 5.60. The minimum atomic E-state index is -0.634. The third-order valence-electron chi connectivity index (χ3n) is 5.37. The average Bonchev–Trinajstić information content (AvgIpc) is 2.99. The molecule has 1 aliphatic heterocycles. The van der Waals surface area contributed by atoms with Gasteiger partial charge in [0.25, 0.3) is 0 Å². The zero-order chi connectivity index (χ0) is 19.8. The molecule has 0 spiro atoms. The summed E-state index contributed by atoms with van der Waals surface area (Å²) in [7, 11) is 1.84. The topological polar surface area (TPSA) is 88.9 Å². The number of nitrogens with one attached hydrogen (secondary N) is 2. The number of anilines is 1. The van der Waals surface area contributed by atoms with Crippen molar-refractivity contribution in [2.75, 3.05) is 5.32 Å². The molecule has 0 bridgehead atoms. The molecular formula is C21H23N5O2. The predicted octanol–water partition coefficient (Wildman–Crippen LogP) is 2.59. The molecule has 1 amide bonds. The molecule has 2 N–H and O–H groups in total. The van der Waals surface area contributed by atoms with Crippen molar-refractivity contribution in [1.82, 2.24) is 20.1 Å². The summed E-state index contributed by atoms with van der Waals surface area (Å²) in [6.45, 7) is 6.03. The van der Waals surface area contributed by atoms with Crippen molar-refractivity contribution in [2.24, 2.45) is 13.0 Å². The smallest absolute Gasteiger partial charge is 0.235 e. The number of carbonyl (C=O) groups is 2. The van der Waals surface area contributed by atoms with Crippen LogP contribution in [0.15, 0.2) is 54.1 Å². The fraction of sp³-hybridized carbons (Fsp3) is 0.333. The number of carbonyl (C=O) groups excluding carboxylic acids is 2. The molecule has 0 saturated heterocycles. The quantitative estimate of drug-likeness (QED) is 0.858. The largest absolute Gasteiger partial charge is 0.362 e. The third kappa shape index (κ3) is 3.13. The number of pyridine rings is 1. The van der Waals surface area contributed by atoms with E-state index in [0.29, 0.717) is 23.5 Å². The van der Waals surface area contributed by atoms with Gasteiger partial charge in [0.1, 0.15) is 5.82 Å². The number of nitrogens with zero attached hydrogens (tertiary/aromatic N) is 3. The fourth-order valence-corrected chi connectivity index (χ4v) is 4.20. The van der Waals surface area contributed by atoms with Gasteiger partial charge < -0.3 is 10.6 Å². The fourth-order valence-electron chi connectivity index (χ4n) is 4.20. The summed E-state index contributed by atoms with van der Waals surface area (Å²) < 4.78 is 1.72. The third-order valence-corrected chi connectivity index (χ3v) is 5.37. The molecule has 2 aliphatic rings. The standard InChI is InChI=1S/C21H23N5O2/c1-12-14(11-26(3)25-12)19-18(21(28)24-17-9-4-5-10-22-17)13(2)23-15-7-6-8-16(27)20(15)19/h4-5,9-11,18-19,23H,2,6-8H2,1,3H3,(H,22,24,28). The van der Waals surface area contributed by atoms with Crippen LogP contribution in [0.25, 0.3) is 0 Å². The SMILES string of the molecule is C=C1NC2=C(C(=O)CCC2)C(c2cn(C)nc2C)C1C(=O)Nc1ccccn1. The molecule has 2 unspecified atom stereocenters. The molecule has 28 heavy (non-hydrogen) atoms. The van der Waals surface area contributed by atoms with Crippen LogP contribution >= 0.6 is 0 Å². The number of rotatable bonds is 3. The van der Waals surface area contributed by atoms with E-state index in [2.05, 4.69) is 27.3 Å². The van der Waals surface area contributed by atoms with E-state index in [1.54, 1.807) is 23.0 Å². The highest BCUT2D eigenvalue weighted by molar-refractivity contribution is 6.02. The molecule has 2 aromatic heterocycles. The number of hydrogen-bond donors (Lipinski definition) is 2. The van der Waals surface area contributed by atoms with Gasteiger partial charge in [-0.25, -0.2) is 4.98 Å². The van der Waals surface area contributed by atoms with Crippen LogP contribution in [0.1, 0.15) is 36.4 Å². The zero-order valence-electron chi connectivity index (χ0n) is 16.0. The van der Waals surface area contributed by atoms with Gasteiger partial charge in [-0.2, -0.15) is 5.10 Å². The second kappa shape index (κ2) is 7.07. The normalized spacial score (nSPS) is 21.9. The number of Topliss-reactive ketones (excluding diaryl/α,β-unsaturated/α-hetero) is 1. The molecule has 144 valence electrons. The lowest BCUT2D eigenvalue weighted by atomic mass is 9.71. The summed E-state index contributed by atoms with van der Waals surface area (Å²) in [5, 5.41) is 10.6. The van der Waals surface area contributed by atoms with Crippen molar-refractivity contribution in [3.63, 3.8) is 0 Å². The lowest BCUT2D eigenvalue weighted by Crippen LogP contribution is -2.42. The van der Waals surface area contributed by atoms with Crippen LogP contribution in [0.3, 0.4) is 0 Å². The Morgan fingerprint density at radius 3 is 2.86 bits per heavy atom. The molecule has 7 heteroatoms. The molecule has 0 saturated carbocycles. The number of ketones is 1. The number of allylic oxidation sites excluding steroid dienone is 2. The van der Waals surface area contributed by atoms with Crippen molar-refractivity contribution in [1.29, 1.82) is 0 Å². The Labute approximate surface area is 163 Å². The monoisotopic (exact) mass is 377 g/mol. The van der Waals surface area contributed by atoms with Crippen LogP contribution in [-0.4, -0.2) is 26.5 Å². The van der Waals surface area contributed by atoms with Gasteiger partial charge >= 0.3 is 0 Å². The van der Waals surface area contributed by atoms with Gasteiger partial charge in [0.15, 0.2) is 5.78 Å². The van der Waals surface area contributed by atoms with Gasteiger partial charge in [-0.1, -0.05) is 12.6 Å². The van der Waals surface area contributed by atoms with E-state index in [-0.39, 0.29) is 11.7 Å². The highest BCUT2D eigenvalue weighted by Gasteiger charge is 2.44. The maximum absolute atomic E-state index is 13.2. The Hall–Kier alpha value is -3.22. The minimum absolute atomic E-state index is 0.0881. The van der Waals surface area contributed by atoms with E-state index in [0.717, 1.165) is 29.8 Å². The van der Waals surface area contributed by atoms with E-state index in [1.807, 2.05) is 26.2 Å². The van der Waals surface area contributed by atoms with Gasteiger partial charge in [-0.15, -0.1) is 0 Å². The van der Waals surface area contributed by atoms with Crippen molar-refractivity contribution >= 4 is 17.5 Å². The molecule has 2 aromatic rings. The summed E-state index contributed by atoms with van der Waals surface area (Å²) in [4.78, 5) is 30.3. The Kier molecular flexibility index (Phi) is 4.58. The number of hydrogen-bond acceptors (Lipinski definition) is 5. The molecule has 3 heterocycles. The molecule has 0 aromatic carbocycles. The molecule has 0 radical (unpaired) electrons. The van der Waals surface area contributed by atoms with Crippen LogP contribution in [0.5, 0.6) is 0 Å². The summed E-state index contributed by atoms with van der Waals surface area (Å²) in [6, 6.07) is 5.33. The summed E-state index contributed by atoms with van der Waals surface area (Å²) >= 11 is 0. The van der Waals surface area contributed by atoms with Crippen molar-refractivity contribution in [2.45, 2.75) is 32.1 Å². The van der Waals surface area contributed by atoms with Gasteiger partial charge in [0.2, 0.25) is 5.91 Å². The molecule has 7 nitrogen and oxygen atoms in total. The molecule has 1 aliphatic carbocycles. The average molecular weight is 377 g/mol. The second-order valence-electron chi connectivity index (χ2n) is 7.32. The summed E-state index contributed by atoms with van der Waals surface area (Å²) in [5.74, 6) is -0.726. The van der Waals surface area contributed by atoms with Gasteiger partial charge in [0, 0.05) is 54.3 Å². The van der Waals surface area contributed by atoms with Gasteiger partial charge in [-0.3, -0.25) is 14.3 Å². The minimum Gasteiger partial charge on any atom is -0.362 e. The van der Waals surface area contributed by atoms with Gasteiger partial charge in [-0.05, 0) is 31.9 Å². The van der Waals surface area contributed by atoms with Gasteiger partial charge in [0.05, 0.1) is 11.6 Å². The Balaban J connectivity index is 1.80. The van der Waals surface area contributed by atoms with Crippen LogP contribution in [-0.2, 0) is 16.6 Å². The predicted molar refractivity (Wildman–Crippen MR) is 105 cm³/mol. The van der Waals surface area contributed by atoms with Crippen LogP contribution in [0.4, 0.5) is 5.82 Å². The molecule has 0 fully saturated rings.